The minimum atomic E-state index is -3.34. The lowest BCUT2D eigenvalue weighted by atomic mass is 10.0. The van der Waals surface area contributed by atoms with Crippen molar-refractivity contribution in [3.05, 3.63) is 35.4 Å². The molecule has 24 heavy (non-hydrogen) atoms. The number of nitrogens with zero attached hydrogens (tertiary/aromatic N) is 1. The maximum atomic E-state index is 12.4. The number of hydrogen-bond acceptors (Lipinski definition) is 5. The highest BCUT2D eigenvalue weighted by molar-refractivity contribution is 7.89. The molecule has 3 N–H and O–H groups in total. The van der Waals surface area contributed by atoms with E-state index in [1.54, 1.807) is 12.1 Å². The van der Waals surface area contributed by atoms with E-state index in [0.717, 1.165) is 12.0 Å². The molecule has 2 atom stereocenters. The molecule has 1 aromatic rings. The minimum absolute atomic E-state index is 0.0413. The zero-order valence-corrected chi connectivity index (χ0v) is 14.9. The van der Waals surface area contributed by atoms with Gasteiger partial charge in [0.1, 0.15) is 0 Å². The summed E-state index contributed by atoms with van der Waals surface area (Å²) < 4.78 is 30.6. The summed E-state index contributed by atoms with van der Waals surface area (Å²) in [6, 6.07) is 6.95. The Bertz CT molecular complexity index is 658. The number of carbonyl (C=O) groups is 1. The van der Waals surface area contributed by atoms with Gasteiger partial charge in [0, 0.05) is 25.6 Å². The molecule has 1 fully saturated rings. The third kappa shape index (κ3) is 4.76. The first-order chi connectivity index (χ1) is 11.3. The lowest BCUT2D eigenvalue weighted by Gasteiger charge is -2.21. The summed E-state index contributed by atoms with van der Waals surface area (Å²) >= 11 is 0. The molecule has 1 aliphatic rings. The number of hydrogen-bond donors (Lipinski definition) is 2. The van der Waals surface area contributed by atoms with Crippen LogP contribution in [0.3, 0.4) is 0 Å². The van der Waals surface area contributed by atoms with E-state index in [-0.39, 0.29) is 23.6 Å². The molecular weight excluding hydrogens is 330 g/mol. The molecule has 0 aromatic heterocycles. The maximum Gasteiger partial charge on any atom is 0.251 e. The smallest absolute Gasteiger partial charge is 0.251 e. The molecule has 1 amide bonds. The molecule has 0 saturated carbocycles. The van der Waals surface area contributed by atoms with Gasteiger partial charge in [-0.25, -0.2) is 12.7 Å². The van der Waals surface area contributed by atoms with Crippen molar-refractivity contribution in [1.29, 1.82) is 0 Å². The van der Waals surface area contributed by atoms with E-state index in [9.17, 15) is 13.2 Å². The Labute approximate surface area is 143 Å². The van der Waals surface area contributed by atoms with Crippen molar-refractivity contribution >= 4 is 15.9 Å². The monoisotopic (exact) mass is 355 g/mol. The molecule has 2 rings (SSSR count). The van der Waals surface area contributed by atoms with E-state index in [0.29, 0.717) is 25.3 Å². The third-order valence-electron chi connectivity index (χ3n) is 4.15. The number of carbonyl (C=O) groups excluding carboxylic acids is 1. The lowest BCUT2D eigenvalue weighted by Crippen LogP contribution is -2.43. The second kappa shape index (κ2) is 8.06. The number of benzene rings is 1. The first-order valence-electron chi connectivity index (χ1n) is 7.91. The quantitative estimate of drug-likeness (QED) is 0.707. The predicted molar refractivity (Wildman–Crippen MR) is 92.2 cm³/mol. The molecule has 1 heterocycles. The number of ether oxygens (including phenoxy) is 1. The Kier molecular flexibility index (Phi) is 6.34. The van der Waals surface area contributed by atoms with Crippen molar-refractivity contribution < 1.29 is 17.9 Å². The molecule has 0 unspecified atom stereocenters. The first kappa shape index (κ1) is 18.9. The van der Waals surface area contributed by atoms with Crippen molar-refractivity contribution in [2.24, 2.45) is 11.7 Å². The molecule has 0 bridgehead atoms. The second-order valence-electron chi connectivity index (χ2n) is 6.17. The molecule has 1 aromatic carbocycles. The summed E-state index contributed by atoms with van der Waals surface area (Å²) in [4.78, 5) is 12.4. The molecule has 8 heteroatoms. The van der Waals surface area contributed by atoms with Crippen LogP contribution >= 0.6 is 0 Å². The van der Waals surface area contributed by atoms with Gasteiger partial charge in [0.15, 0.2) is 0 Å². The molecule has 134 valence electrons. The van der Waals surface area contributed by atoms with Gasteiger partial charge in [-0.15, -0.1) is 0 Å². The summed E-state index contributed by atoms with van der Waals surface area (Å²) in [5, 5.41) is 2.89. The predicted octanol–water partition coefficient (Wildman–Crippen LogP) is -0.176. The molecule has 1 saturated heterocycles. The van der Waals surface area contributed by atoms with Crippen molar-refractivity contribution in [3.63, 3.8) is 0 Å². The van der Waals surface area contributed by atoms with Gasteiger partial charge >= 0.3 is 0 Å². The fourth-order valence-corrected chi connectivity index (χ4v) is 3.75. The van der Waals surface area contributed by atoms with E-state index in [1.807, 2.05) is 12.1 Å². The van der Waals surface area contributed by atoms with E-state index in [2.05, 4.69) is 5.32 Å². The highest BCUT2D eigenvalue weighted by atomic mass is 32.2. The van der Waals surface area contributed by atoms with Gasteiger partial charge in [0.25, 0.3) is 5.91 Å². The Morgan fingerprint density at radius 2 is 1.96 bits per heavy atom. The van der Waals surface area contributed by atoms with Crippen molar-refractivity contribution in [1.82, 2.24) is 9.62 Å². The summed E-state index contributed by atoms with van der Waals surface area (Å²) in [5.74, 6) is -0.518. The van der Waals surface area contributed by atoms with Gasteiger partial charge in [0.05, 0.1) is 25.0 Å². The van der Waals surface area contributed by atoms with Crippen LogP contribution in [0.2, 0.25) is 0 Å². The van der Waals surface area contributed by atoms with Crippen LogP contribution in [0.1, 0.15) is 15.9 Å². The van der Waals surface area contributed by atoms with E-state index < -0.39 is 10.0 Å². The SMILES string of the molecule is CN(C)S(=O)(=O)C[C@@H]1COC[C@H]1NC(=O)c1ccc(CCN)cc1. The Morgan fingerprint density at radius 3 is 2.54 bits per heavy atom. The minimum Gasteiger partial charge on any atom is -0.379 e. The van der Waals surface area contributed by atoms with Gasteiger partial charge < -0.3 is 15.8 Å². The van der Waals surface area contributed by atoms with Crippen LogP contribution in [-0.2, 0) is 21.2 Å². The molecule has 0 aliphatic carbocycles. The van der Waals surface area contributed by atoms with Crippen molar-refractivity contribution in [3.8, 4) is 0 Å². The average Bonchev–Trinajstić information content (AvgIpc) is 2.94. The maximum absolute atomic E-state index is 12.4. The summed E-state index contributed by atoms with van der Waals surface area (Å²) in [7, 11) is -0.333. The van der Waals surface area contributed by atoms with E-state index in [4.69, 9.17) is 10.5 Å². The van der Waals surface area contributed by atoms with E-state index in [1.165, 1.54) is 18.4 Å². The van der Waals surface area contributed by atoms with Crippen LogP contribution in [0.5, 0.6) is 0 Å². The number of rotatable bonds is 7. The van der Waals surface area contributed by atoms with Crippen LogP contribution in [0.15, 0.2) is 24.3 Å². The highest BCUT2D eigenvalue weighted by Gasteiger charge is 2.34. The molecule has 1 aliphatic heterocycles. The molecule has 0 spiro atoms. The molecule has 0 radical (unpaired) electrons. The zero-order chi connectivity index (χ0) is 17.7. The molecular formula is C16H25N3O4S. The zero-order valence-electron chi connectivity index (χ0n) is 14.1. The van der Waals surface area contributed by atoms with Crippen LogP contribution in [0.25, 0.3) is 0 Å². The Morgan fingerprint density at radius 1 is 1.29 bits per heavy atom. The summed E-state index contributed by atoms with van der Waals surface area (Å²) in [6.07, 6.45) is 0.767. The third-order valence-corrected chi connectivity index (χ3v) is 6.11. The Hall–Kier alpha value is -1.48. The summed E-state index contributed by atoms with van der Waals surface area (Å²) in [6.45, 7) is 1.21. The number of amides is 1. The number of nitrogens with two attached hydrogens (primary N) is 1. The lowest BCUT2D eigenvalue weighted by molar-refractivity contribution is 0.0926. The van der Waals surface area contributed by atoms with Crippen molar-refractivity contribution in [2.45, 2.75) is 12.5 Å². The normalized spacial score (nSPS) is 21.2. The van der Waals surface area contributed by atoms with Gasteiger partial charge in [-0.3, -0.25) is 4.79 Å². The number of nitrogens with one attached hydrogen (secondary N) is 1. The van der Waals surface area contributed by atoms with Crippen LogP contribution in [0, 0.1) is 5.92 Å². The largest absolute Gasteiger partial charge is 0.379 e. The summed E-state index contributed by atoms with van der Waals surface area (Å²) in [5.41, 5.74) is 7.12. The highest BCUT2D eigenvalue weighted by Crippen LogP contribution is 2.18. The van der Waals surface area contributed by atoms with Crippen LogP contribution in [-0.4, -0.2) is 64.3 Å². The van der Waals surface area contributed by atoms with Gasteiger partial charge in [-0.05, 0) is 30.7 Å². The van der Waals surface area contributed by atoms with Crippen LogP contribution < -0.4 is 11.1 Å². The molecule has 7 nitrogen and oxygen atoms in total. The van der Waals surface area contributed by atoms with Crippen LogP contribution in [0.4, 0.5) is 0 Å². The van der Waals surface area contributed by atoms with Gasteiger partial charge in [-0.2, -0.15) is 0 Å². The van der Waals surface area contributed by atoms with Crippen molar-refractivity contribution in [2.75, 3.05) is 39.6 Å². The fraction of sp³-hybridized carbons (Fsp3) is 0.562. The first-order valence-corrected chi connectivity index (χ1v) is 9.52. The fourth-order valence-electron chi connectivity index (χ4n) is 2.58. The average molecular weight is 355 g/mol. The van der Waals surface area contributed by atoms with Gasteiger partial charge in [-0.1, -0.05) is 12.1 Å². The Balaban J connectivity index is 1.99. The topological polar surface area (TPSA) is 102 Å². The standard InChI is InChI=1S/C16H25N3O4S/c1-19(2)24(21,22)11-14-9-23-10-15(14)18-16(20)13-5-3-12(4-6-13)7-8-17/h3-6,14-15H,7-11,17H2,1-2H3,(H,18,20)/t14-,15+/m0/s1. The number of sulfonamides is 1. The van der Waals surface area contributed by atoms with Gasteiger partial charge in [0.2, 0.25) is 10.0 Å². The second-order valence-corrected chi connectivity index (χ2v) is 8.40. The van der Waals surface area contributed by atoms with E-state index >= 15 is 0 Å².